The molecule has 0 aliphatic heterocycles. The van der Waals surface area contributed by atoms with Crippen LogP contribution in [0.3, 0.4) is 0 Å². The molecule has 0 amide bonds. The lowest BCUT2D eigenvalue weighted by atomic mass is 10.3. The summed E-state index contributed by atoms with van der Waals surface area (Å²) in [5, 5.41) is 0. The molecule has 0 unspecified atom stereocenters. The van der Waals surface area contributed by atoms with E-state index in [4.69, 9.17) is 13.6 Å². The van der Waals surface area contributed by atoms with Crippen molar-refractivity contribution in [1.82, 2.24) is 0 Å². The van der Waals surface area contributed by atoms with Crippen LogP contribution >= 0.6 is 0 Å². The molecule has 1 rings (SSSR count). The zero-order chi connectivity index (χ0) is 10.0. The summed E-state index contributed by atoms with van der Waals surface area (Å²) in [6.45, 7) is 0. The number of hydrogen-bond acceptors (Lipinski definition) is 2. The molecular formula is C8H10O2. The quantitative estimate of drug-likeness (QED) is 0.624. The fraction of sp³-hybridized carbons (Fsp3) is 0.250. The normalized spacial score (nSPS) is 13.2. The minimum atomic E-state index is -0.0532. The van der Waals surface area contributed by atoms with Gasteiger partial charge >= 0.3 is 0 Å². The Morgan fingerprint density at radius 1 is 1.20 bits per heavy atom. The molecule has 0 saturated heterocycles. The van der Waals surface area contributed by atoms with Crippen LogP contribution in [0.2, 0.25) is 0 Å². The highest BCUT2D eigenvalue weighted by Gasteiger charge is 1.91. The molecule has 0 bridgehead atoms. The van der Waals surface area contributed by atoms with E-state index >= 15 is 0 Å². The summed E-state index contributed by atoms with van der Waals surface area (Å²) in [5.74, 6) is 0.265. The van der Waals surface area contributed by atoms with E-state index in [-0.39, 0.29) is 29.6 Å². The number of methoxy groups -OCH3 is 2. The van der Waals surface area contributed by atoms with Crippen molar-refractivity contribution in [3.05, 3.63) is 24.2 Å². The minimum absolute atomic E-state index is 0.0262. The molecule has 54 valence electrons. The molecular weight excluding hydrogens is 128 g/mol. The molecule has 2 heteroatoms. The Kier molecular flexibility index (Phi) is 1.20. The van der Waals surface area contributed by atoms with Crippen molar-refractivity contribution in [1.29, 1.82) is 0 Å². The molecule has 1 aromatic carbocycles. The van der Waals surface area contributed by atoms with Crippen molar-refractivity contribution in [3.8, 4) is 11.5 Å². The third-order valence-electron chi connectivity index (χ3n) is 1.04. The summed E-state index contributed by atoms with van der Waals surface area (Å²) in [6.07, 6.45) is 0. The Labute approximate surface area is 64.6 Å². The van der Waals surface area contributed by atoms with Crippen LogP contribution in [0, 0.1) is 0 Å². The van der Waals surface area contributed by atoms with Gasteiger partial charge in [0.1, 0.15) is 11.5 Å². The average molecular weight is 141 g/mol. The first-order valence-corrected chi connectivity index (χ1v) is 2.80. The van der Waals surface area contributed by atoms with Gasteiger partial charge < -0.3 is 9.47 Å². The summed E-state index contributed by atoms with van der Waals surface area (Å²) < 4.78 is 32.0. The van der Waals surface area contributed by atoms with E-state index in [1.54, 1.807) is 0 Å². The van der Waals surface area contributed by atoms with E-state index in [0.717, 1.165) is 0 Å². The van der Waals surface area contributed by atoms with Crippen molar-refractivity contribution in [2.75, 3.05) is 14.2 Å². The SMILES string of the molecule is [2H]c1cc([2H])c(OC)c([2H])c1OC. The van der Waals surface area contributed by atoms with Crippen LogP contribution < -0.4 is 9.47 Å². The van der Waals surface area contributed by atoms with Gasteiger partial charge in [0.25, 0.3) is 0 Å². The number of hydrogen-bond donors (Lipinski definition) is 0. The lowest BCUT2D eigenvalue weighted by Gasteiger charge is -2.01. The lowest BCUT2D eigenvalue weighted by molar-refractivity contribution is 0.394. The molecule has 0 atom stereocenters. The highest BCUT2D eigenvalue weighted by atomic mass is 16.5. The van der Waals surface area contributed by atoms with Crippen LogP contribution in [-0.4, -0.2) is 14.2 Å². The lowest BCUT2D eigenvalue weighted by Crippen LogP contribution is -1.84. The maximum absolute atomic E-state index is 7.54. The fourth-order valence-electron chi connectivity index (χ4n) is 0.562. The van der Waals surface area contributed by atoms with E-state index in [0.29, 0.717) is 0 Å². The molecule has 0 spiro atoms. The Balaban J connectivity index is 3.39. The molecule has 2 nitrogen and oxygen atoms in total. The maximum atomic E-state index is 7.54. The first-order chi connectivity index (χ1) is 6.11. The van der Waals surface area contributed by atoms with Crippen molar-refractivity contribution < 1.29 is 13.6 Å². The van der Waals surface area contributed by atoms with E-state index < -0.39 is 0 Å². The molecule has 0 aliphatic rings. The monoisotopic (exact) mass is 141 g/mol. The second kappa shape index (κ2) is 3.11. The van der Waals surface area contributed by atoms with Gasteiger partial charge in [0.2, 0.25) is 0 Å². The molecule has 0 saturated carbocycles. The Bertz CT molecular complexity index is 297. The highest BCUT2D eigenvalue weighted by molar-refractivity contribution is 5.32. The molecule has 0 aromatic heterocycles. The molecule has 0 heterocycles. The van der Waals surface area contributed by atoms with Crippen LogP contribution in [-0.2, 0) is 0 Å². The number of ether oxygens (including phenoxy) is 2. The van der Waals surface area contributed by atoms with Crippen LogP contribution in [0.15, 0.2) is 24.2 Å². The van der Waals surface area contributed by atoms with Crippen molar-refractivity contribution in [2.24, 2.45) is 0 Å². The van der Waals surface area contributed by atoms with Gasteiger partial charge in [-0.3, -0.25) is 0 Å². The Morgan fingerprint density at radius 2 is 1.70 bits per heavy atom. The Hall–Kier alpha value is -1.18. The molecule has 0 aliphatic carbocycles. The zero-order valence-electron chi connectivity index (χ0n) is 8.89. The smallest absolute Gasteiger partial charge is 0.122 e. The van der Waals surface area contributed by atoms with E-state index in [1.807, 2.05) is 0 Å². The summed E-state index contributed by atoms with van der Waals surface area (Å²) in [5.41, 5.74) is 0. The predicted molar refractivity (Wildman–Crippen MR) is 39.5 cm³/mol. The topological polar surface area (TPSA) is 18.5 Å². The van der Waals surface area contributed by atoms with Crippen molar-refractivity contribution in [3.63, 3.8) is 0 Å². The van der Waals surface area contributed by atoms with Crippen LogP contribution in [0.5, 0.6) is 11.5 Å². The first-order valence-electron chi connectivity index (χ1n) is 4.30. The second-order valence-electron chi connectivity index (χ2n) is 1.62. The maximum Gasteiger partial charge on any atom is 0.122 e. The van der Waals surface area contributed by atoms with E-state index in [1.165, 1.54) is 20.3 Å². The number of benzene rings is 1. The van der Waals surface area contributed by atoms with Crippen molar-refractivity contribution >= 4 is 0 Å². The third-order valence-corrected chi connectivity index (χ3v) is 1.04. The second-order valence-corrected chi connectivity index (χ2v) is 1.62. The molecule has 1 aromatic rings. The fourth-order valence-corrected chi connectivity index (χ4v) is 0.562. The first kappa shape index (κ1) is 3.86. The average Bonchev–Trinajstić information content (AvgIpc) is 2.04. The van der Waals surface area contributed by atoms with Crippen molar-refractivity contribution in [2.45, 2.75) is 0 Å². The molecule has 0 radical (unpaired) electrons. The van der Waals surface area contributed by atoms with Gasteiger partial charge in [0, 0.05) is 6.04 Å². The number of rotatable bonds is 2. The van der Waals surface area contributed by atoms with E-state index in [2.05, 4.69) is 0 Å². The van der Waals surface area contributed by atoms with Gasteiger partial charge in [-0.1, -0.05) is 6.07 Å². The predicted octanol–water partition coefficient (Wildman–Crippen LogP) is 1.70. The Morgan fingerprint density at radius 3 is 2.10 bits per heavy atom. The van der Waals surface area contributed by atoms with Gasteiger partial charge in [0.05, 0.1) is 18.3 Å². The van der Waals surface area contributed by atoms with Crippen LogP contribution in [0.4, 0.5) is 0 Å². The zero-order valence-corrected chi connectivity index (χ0v) is 5.89. The van der Waals surface area contributed by atoms with Gasteiger partial charge in [0.15, 0.2) is 0 Å². The summed E-state index contributed by atoms with van der Waals surface area (Å²) in [4.78, 5) is 0. The largest absolute Gasteiger partial charge is 0.497 e. The van der Waals surface area contributed by atoms with Gasteiger partial charge in [-0.2, -0.15) is 0 Å². The molecule has 0 N–H and O–H groups in total. The van der Waals surface area contributed by atoms with E-state index in [9.17, 15) is 0 Å². The third kappa shape index (κ3) is 1.41. The van der Waals surface area contributed by atoms with Gasteiger partial charge in [-0.05, 0) is 12.1 Å². The van der Waals surface area contributed by atoms with Gasteiger partial charge in [-0.25, -0.2) is 0 Å². The molecule has 0 fully saturated rings. The summed E-state index contributed by atoms with van der Waals surface area (Å²) in [7, 11) is 2.77. The highest BCUT2D eigenvalue weighted by Crippen LogP contribution is 2.17. The van der Waals surface area contributed by atoms with Gasteiger partial charge in [-0.15, -0.1) is 0 Å². The molecule has 10 heavy (non-hydrogen) atoms. The summed E-state index contributed by atoms with van der Waals surface area (Å²) >= 11 is 0. The minimum Gasteiger partial charge on any atom is -0.497 e. The van der Waals surface area contributed by atoms with Crippen LogP contribution in [0.25, 0.3) is 0 Å². The standard InChI is InChI=1S/C8H10O2/c1-9-7-4-3-5-8(6-7)10-2/h3-6H,1-2H3/i4D,5D,6D. The van der Waals surface area contributed by atoms with Crippen LogP contribution in [0.1, 0.15) is 4.11 Å². The summed E-state index contributed by atoms with van der Waals surface area (Å²) in [6, 6.07) is 1.29.